The van der Waals surface area contributed by atoms with Crippen LogP contribution in [0.1, 0.15) is 29.8 Å². The zero-order valence-electron chi connectivity index (χ0n) is 15.2. The third kappa shape index (κ3) is 5.14. The highest BCUT2D eigenvalue weighted by molar-refractivity contribution is 5.96. The Hall–Kier alpha value is -2.69. The van der Waals surface area contributed by atoms with E-state index < -0.39 is 0 Å². The first-order chi connectivity index (χ1) is 12.0. The molecule has 0 aliphatic heterocycles. The summed E-state index contributed by atoms with van der Waals surface area (Å²) in [4.78, 5) is 12.4. The van der Waals surface area contributed by atoms with Crippen molar-refractivity contribution in [1.29, 1.82) is 0 Å². The van der Waals surface area contributed by atoms with Crippen LogP contribution in [0.15, 0.2) is 42.5 Å². The minimum absolute atomic E-state index is 0.0145. The molecule has 2 aromatic rings. The van der Waals surface area contributed by atoms with Crippen molar-refractivity contribution >= 4 is 5.91 Å². The van der Waals surface area contributed by atoms with Crippen LogP contribution in [0.25, 0.3) is 0 Å². The molecular weight excluding hydrogens is 318 g/mol. The number of ether oxygens (including phenoxy) is 3. The molecule has 0 fully saturated rings. The molecule has 0 atom stereocenters. The third-order valence-corrected chi connectivity index (χ3v) is 3.64. The molecule has 134 valence electrons. The van der Waals surface area contributed by atoms with Crippen LogP contribution in [0.5, 0.6) is 17.2 Å². The summed E-state index contributed by atoms with van der Waals surface area (Å²) in [6.45, 7) is 4.39. The molecule has 0 saturated heterocycles. The molecule has 1 N–H and O–H groups in total. The average molecular weight is 343 g/mol. The number of rotatable bonds is 8. The second kappa shape index (κ2) is 8.97. The van der Waals surface area contributed by atoms with Gasteiger partial charge >= 0.3 is 0 Å². The quantitative estimate of drug-likeness (QED) is 0.797. The molecule has 0 saturated carbocycles. The van der Waals surface area contributed by atoms with E-state index in [0.717, 1.165) is 5.56 Å². The first kappa shape index (κ1) is 18.6. The molecule has 0 aliphatic rings. The highest BCUT2D eigenvalue weighted by atomic mass is 16.5. The second-order valence-electron chi connectivity index (χ2n) is 5.86. The van der Waals surface area contributed by atoms with Crippen molar-refractivity contribution in [2.24, 2.45) is 0 Å². The van der Waals surface area contributed by atoms with E-state index >= 15 is 0 Å². The SMILES string of the molecule is COc1ccc(CCNC(=O)c2ccccc2OC(C)C)cc1OC. The zero-order valence-corrected chi connectivity index (χ0v) is 15.2. The van der Waals surface area contributed by atoms with Gasteiger partial charge in [0.2, 0.25) is 0 Å². The molecule has 5 heteroatoms. The number of carbonyl (C=O) groups excluding carboxylic acids is 1. The van der Waals surface area contributed by atoms with Crippen molar-refractivity contribution in [1.82, 2.24) is 5.32 Å². The smallest absolute Gasteiger partial charge is 0.255 e. The number of nitrogens with one attached hydrogen (secondary N) is 1. The number of amides is 1. The van der Waals surface area contributed by atoms with Gasteiger partial charge in [-0.3, -0.25) is 4.79 Å². The third-order valence-electron chi connectivity index (χ3n) is 3.64. The lowest BCUT2D eigenvalue weighted by molar-refractivity contribution is 0.0948. The van der Waals surface area contributed by atoms with Crippen LogP contribution in [0, 0.1) is 0 Å². The fraction of sp³-hybridized carbons (Fsp3) is 0.350. The summed E-state index contributed by atoms with van der Waals surface area (Å²) in [5.74, 6) is 1.83. The number of benzene rings is 2. The van der Waals surface area contributed by atoms with Gasteiger partial charge in [-0.15, -0.1) is 0 Å². The summed E-state index contributed by atoms with van der Waals surface area (Å²) in [5.41, 5.74) is 1.60. The average Bonchev–Trinajstić information content (AvgIpc) is 2.61. The minimum Gasteiger partial charge on any atom is -0.493 e. The van der Waals surface area contributed by atoms with E-state index in [0.29, 0.717) is 35.8 Å². The van der Waals surface area contributed by atoms with Crippen LogP contribution in [-0.4, -0.2) is 32.8 Å². The van der Waals surface area contributed by atoms with Crippen molar-refractivity contribution in [3.63, 3.8) is 0 Å². The number of hydrogen-bond acceptors (Lipinski definition) is 4. The Morgan fingerprint density at radius 1 is 1.00 bits per heavy atom. The maximum Gasteiger partial charge on any atom is 0.255 e. The first-order valence-corrected chi connectivity index (χ1v) is 8.30. The molecule has 0 bridgehead atoms. The summed E-state index contributed by atoms with van der Waals surface area (Å²) >= 11 is 0. The van der Waals surface area contributed by atoms with Crippen LogP contribution in [0.3, 0.4) is 0 Å². The van der Waals surface area contributed by atoms with E-state index in [9.17, 15) is 4.79 Å². The van der Waals surface area contributed by atoms with E-state index in [1.54, 1.807) is 20.3 Å². The van der Waals surface area contributed by atoms with Gasteiger partial charge in [-0.2, -0.15) is 0 Å². The van der Waals surface area contributed by atoms with Crippen molar-refractivity contribution in [3.8, 4) is 17.2 Å². The largest absolute Gasteiger partial charge is 0.493 e. The molecule has 5 nitrogen and oxygen atoms in total. The predicted molar refractivity (Wildman–Crippen MR) is 97.8 cm³/mol. The van der Waals surface area contributed by atoms with Crippen molar-refractivity contribution in [3.05, 3.63) is 53.6 Å². The summed E-state index contributed by atoms with van der Waals surface area (Å²) < 4.78 is 16.2. The Kier molecular flexibility index (Phi) is 6.69. The van der Waals surface area contributed by atoms with E-state index in [4.69, 9.17) is 14.2 Å². The van der Waals surface area contributed by atoms with Gasteiger partial charge in [0.25, 0.3) is 5.91 Å². The summed E-state index contributed by atoms with van der Waals surface area (Å²) in [6.07, 6.45) is 0.708. The Bertz CT molecular complexity index is 713. The lowest BCUT2D eigenvalue weighted by Crippen LogP contribution is -2.26. The normalized spacial score (nSPS) is 10.4. The minimum atomic E-state index is -0.142. The van der Waals surface area contributed by atoms with Gasteiger partial charge in [-0.1, -0.05) is 18.2 Å². The standard InChI is InChI=1S/C20H25NO4/c1-14(2)25-17-8-6-5-7-16(17)20(22)21-12-11-15-9-10-18(23-3)19(13-15)24-4/h5-10,13-14H,11-12H2,1-4H3,(H,21,22). The van der Waals surface area contributed by atoms with Gasteiger partial charge < -0.3 is 19.5 Å². The number of methoxy groups -OCH3 is 2. The van der Waals surface area contributed by atoms with Gasteiger partial charge in [0.1, 0.15) is 5.75 Å². The van der Waals surface area contributed by atoms with Gasteiger partial charge in [0.05, 0.1) is 25.9 Å². The van der Waals surface area contributed by atoms with Gasteiger partial charge in [-0.25, -0.2) is 0 Å². The highest BCUT2D eigenvalue weighted by Gasteiger charge is 2.13. The lowest BCUT2D eigenvalue weighted by Gasteiger charge is -2.14. The number of carbonyl (C=O) groups is 1. The lowest BCUT2D eigenvalue weighted by atomic mass is 10.1. The van der Waals surface area contributed by atoms with Crippen molar-refractivity contribution in [2.45, 2.75) is 26.4 Å². The summed E-state index contributed by atoms with van der Waals surface area (Å²) in [5, 5.41) is 2.94. The summed E-state index contributed by atoms with van der Waals surface area (Å²) in [7, 11) is 3.21. The molecule has 0 heterocycles. The fourth-order valence-corrected chi connectivity index (χ4v) is 2.46. The topological polar surface area (TPSA) is 56.8 Å². The molecule has 0 spiro atoms. The fourth-order valence-electron chi connectivity index (χ4n) is 2.46. The van der Waals surface area contributed by atoms with E-state index in [1.165, 1.54) is 0 Å². The Morgan fingerprint density at radius 3 is 2.40 bits per heavy atom. The molecule has 0 unspecified atom stereocenters. The maximum absolute atomic E-state index is 12.4. The molecule has 1 amide bonds. The Labute approximate surface area is 148 Å². The molecule has 0 radical (unpaired) electrons. The predicted octanol–water partition coefficient (Wildman–Crippen LogP) is 3.46. The Morgan fingerprint density at radius 2 is 1.72 bits per heavy atom. The van der Waals surface area contributed by atoms with Crippen LogP contribution in [-0.2, 0) is 6.42 Å². The number of para-hydroxylation sites is 1. The van der Waals surface area contributed by atoms with Crippen molar-refractivity contribution < 1.29 is 19.0 Å². The maximum atomic E-state index is 12.4. The van der Waals surface area contributed by atoms with Crippen LogP contribution in [0.4, 0.5) is 0 Å². The Balaban J connectivity index is 1.97. The highest BCUT2D eigenvalue weighted by Crippen LogP contribution is 2.27. The second-order valence-corrected chi connectivity index (χ2v) is 5.86. The molecule has 2 rings (SSSR count). The zero-order chi connectivity index (χ0) is 18.2. The van der Waals surface area contributed by atoms with E-state index in [2.05, 4.69) is 5.32 Å². The van der Waals surface area contributed by atoms with Crippen molar-refractivity contribution in [2.75, 3.05) is 20.8 Å². The van der Waals surface area contributed by atoms with Gasteiger partial charge in [-0.05, 0) is 50.1 Å². The van der Waals surface area contributed by atoms with Crippen LogP contribution < -0.4 is 19.5 Å². The number of hydrogen-bond donors (Lipinski definition) is 1. The van der Waals surface area contributed by atoms with Gasteiger partial charge in [0.15, 0.2) is 11.5 Å². The molecular formula is C20H25NO4. The van der Waals surface area contributed by atoms with E-state index in [-0.39, 0.29) is 12.0 Å². The van der Waals surface area contributed by atoms with Gasteiger partial charge in [0, 0.05) is 6.54 Å². The molecule has 2 aromatic carbocycles. The van der Waals surface area contributed by atoms with Crippen LogP contribution >= 0.6 is 0 Å². The first-order valence-electron chi connectivity index (χ1n) is 8.30. The molecule has 25 heavy (non-hydrogen) atoms. The monoisotopic (exact) mass is 343 g/mol. The van der Waals surface area contributed by atoms with E-state index in [1.807, 2.05) is 50.2 Å². The summed E-state index contributed by atoms with van der Waals surface area (Å²) in [6, 6.07) is 13.0. The van der Waals surface area contributed by atoms with Crippen LogP contribution in [0.2, 0.25) is 0 Å². The molecule has 0 aliphatic carbocycles. The molecule has 0 aromatic heterocycles.